The van der Waals surface area contributed by atoms with Gasteiger partial charge in [-0.1, -0.05) is 34.4 Å². The predicted octanol–water partition coefficient (Wildman–Crippen LogP) is 4.84. The van der Waals surface area contributed by atoms with Crippen LogP contribution in [0.25, 0.3) is 22.5 Å². The molecule has 0 aliphatic carbocycles. The lowest BCUT2D eigenvalue weighted by molar-refractivity contribution is 0.373. The number of phenolic OH excluding ortho intramolecular Hbond substituents is 1. The molecule has 0 amide bonds. The number of hydrogen-bond acceptors (Lipinski definition) is 5. The SMILES string of the molecule is COc1ccc(/C=C(\Cl)c2nc(-c3ccc(Cl)cc3)no2)cc1O. The molecular formula is C17H12Cl2N2O3. The van der Waals surface area contributed by atoms with Crippen LogP contribution in [-0.2, 0) is 0 Å². The van der Waals surface area contributed by atoms with Crippen molar-refractivity contribution in [1.82, 2.24) is 10.1 Å². The second-order valence-corrected chi connectivity index (χ2v) is 5.70. The lowest BCUT2D eigenvalue weighted by atomic mass is 10.2. The van der Waals surface area contributed by atoms with E-state index in [1.54, 1.807) is 42.5 Å². The first-order valence-electron chi connectivity index (χ1n) is 6.91. The van der Waals surface area contributed by atoms with Gasteiger partial charge in [-0.25, -0.2) is 0 Å². The summed E-state index contributed by atoms with van der Waals surface area (Å²) in [4.78, 5) is 4.25. The summed E-state index contributed by atoms with van der Waals surface area (Å²) in [5.74, 6) is 0.983. The van der Waals surface area contributed by atoms with Crippen molar-refractivity contribution < 1.29 is 14.4 Å². The monoisotopic (exact) mass is 362 g/mol. The van der Waals surface area contributed by atoms with Gasteiger partial charge in [-0.05, 0) is 48.0 Å². The lowest BCUT2D eigenvalue weighted by Crippen LogP contribution is -1.84. The summed E-state index contributed by atoms with van der Waals surface area (Å²) in [5, 5.41) is 14.6. The summed E-state index contributed by atoms with van der Waals surface area (Å²) in [7, 11) is 1.48. The third kappa shape index (κ3) is 3.53. The average Bonchev–Trinajstić information content (AvgIpc) is 3.06. The molecule has 1 N–H and O–H groups in total. The molecule has 0 saturated carbocycles. The van der Waals surface area contributed by atoms with Crippen LogP contribution in [0.2, 0.25) is 5.02 Å². The molecule has 0 aliphatic heterocycles. The number of halogens is 2. The van der Waals surface area contributed by atoms with E-state index < -0.39 is 0 Å². The third-order valence-electron chi connectivity index (χ3n) is 3.23. The van der Waals surface area contributed by atoms with E-state index in [4.69, 9.17) is 32.5 Å². The van der Waals surface area contributed by atoms with E-state index in [1.165, 1.54) is 13.2 Å². The molecule has 5 nitrogen and oxygen atoms in total. The zero-order chi connectivity index (χ0) is 17.1. The number of ether oxygens (including phenoxy) is 1. The number of benzene rings is 2. The summed E-state index contributed by atoms with van der Waals surface area (Å²) in [6, 6.07) is 12.0. The van der Waals surface area contributed by atoms with Gasteiger partial charge >= 0.3 is 0 Å². The Balaban J connectivity index is 1.86. The molecule has 1 aromatic heterocycles. The average molecular weight is 363 g/mol. The zero-order valence-corrected chi connectivity index (χ0v) is 14.0. The topological polar surface area (TPSA) is 68.4 Å². The standard InChI is InChI=1S/C17H12Cl2N2O3/c1-23-15-7-2-10(9-14(15)22)8-13(19)17-20-16(21-24-17)11-3-5-12(18)6-4-11/h2-9,22H,1H3/b13-8-. The van der Waals surface area contributed by atoms with Crippen LogP contribution in [0, 0.1) is 0 Å². The number of phenols is 1. The molecule has 0 spiro atoms. The van der Waals surface area contributed by atoms with Gasteiger partial charge in [-0.15, -0.1) is 0 Å². The van der Waals surface area contributed by atoms with Crippen molar-refractivity contribution in [3.8, 4) is 22.9 Å². The summed E-state index contributed by atoms with van der Waals surface area (Å²) < 4.78 is 10.2. The van der Waals surface area contributed by atoms with Gasteiger partial charge in [-0.2, -0.15) is 4.98 Å². The van der Waals surface area contributed by atoms with Gasteiger partial charge < -0.3 is 14.4 Å². The molecule has 0 saturated heterocycles. The fourth-order valence-electron chi connectivity index (χ4n) is 2.04. The highest BCUT2D eigenvalue weighted by Gasteiger charge is 2.12. The molecule has 7 heteroatoms. The molecule has 0 fully saturated rings. The largest absolute Gasteiger partial charge is 0.504 e. The molecule has 0 unspecified atom stereocenters. The van der Waals surface area contributed by atoms with E-state index in [2.05, 4.69) is 10.1 Å². The Kier molecular flexibility index (Phi) is 4.74. The predicted molar refractivity (Wildman–Crippen MR) is 93.1 cm³/mol. The summed E-state index contributed by atoms with van der Waals surface area (Å²) >= 11 is 12.1. The van der Waals surface area contributed by atoms with Crippen molar-refractivity contribution in [3.05, 3.63) is 58.9 Å². The Labute approximate surface area is 148 Å². The Morgan fingerprint density at radius 3 is 2.62 bits per heavy atom. The van der Waals surface area contributed by atoms with Gasteiger partial charge in [0.2, 0.25) is 5.82 Å². The van der Waals surface area contributed by atoms with E-state index in [1.807, 2.05) is 0 Å². The molecule has 1 heterocycles. The van der Waals surface area contributed by atoms with Gasteiger partial charge in [-0.3, -0.25) is 0 Å². The van der Waals surface area contributed by atoms with Crippen LogP contribution in [0.4, 0.5) is 0 Å². The van der Waals surface area contributed by atoms with Crippen molar-refractivity contribution in [3.63, 3.8) is 0 Å². The van der Waals surface area contributed by atoms with E-state index in [9.17, 15) is 5.11 Å². The van der Waals surface area contributed by atoms with Crippen LogP contribution in [-0.4, -0.2) is 22.4 Å². The van der Waals surface area contributed by atoms with Gasteiger partial charge in [0.25, 0.3) is 5.89 Å². The number of methoxy groups -OCH3 is 1. The van der Waals surface area contributed by atoms with Crippen molar-refractivity contribution >= 4 is 34.3 Å². The zero-order valence-electron chi connectivity index (χ0n) is 12.5. The number of hydrogen-bond donors (Lipinski definition) is 1. The number of nitrogens with zero attached hydrogens (tertiary/aromatic N) is 2. The molecule has 0 atom stereocenters. The maximum atomic E-state index is 9.79. The Morgan fingerprint density at radius 2 is 1.96 bits per heavy atom. The summed E-state index contributed by atoms with van der Waals surface area (Å²) in [5.41, 5.74) is 1.44. The van der Waals surface area contributed by atoms with Gasteiger partial charge in [0, 0.05) is 10.6 Å². The normalized spacial score (nSPS) is 11.5. The van der Waals surface area contributed by atoms with E-state index in [0.29, 0.717) is 22.2 Å². The van der Waals surface area contributed by atoms with Crippen molar-refractivity contribution in [2.45, 2.75) is 0 Å². The van der Waals surface area contributed by atoms with Gasteiger partial charge in [0.1, 0.15) is 5.03 Å². The van der Waals surface area contributed by atoms with E-state index in [0.717, 1.165) is 5.56 Å². The fraction of sp³-hybridized carbons (Fsp3) is 0.0588. The minimum Gasteiger partial charge on any atom is -0.504 e. The van der Waals surface area contributed by atoms with Crippen molar-refractivity contribution in [2.24, 2.45) is 0 Å². The quantitative estimate of drug-likeness (QED) is 0.718. The van der Waals surface area contributed by atoms with E-state index in [-0.39, 0.29) is 16.7 Å². The van der Waals surface area contributed by atoms with Crippen LogP contribution in [0.15, 0.2) is 47.0 Å². The fourth-order valence-corrected chi connectivity index (χ4v) is 2.37. The maximum Gasteiger partial charge on any atom is 0.269 e. The van der Waals surface area contributed by atoms with Crippen molar-refractivity contribution in [2.75, 3.05) is 7.11 Å². The smallest absolute Gasteiger partial charge is 0.269 e. The number of aromatic hydroxyl groups is 1. The molecule has 122 valence electrons. The Morgan fingerprint density at radius 1 is 1.21 bits per heavy atom. The third-order valence-corrected chi connectivity index (χ3v) is 3.75. The van der Waals surface area contributed by atoms with Crippen molar-refractivity contribution in [1.29, 1.82) is 0 Å². The second-order valence-electron chi connectivity index (χ2n) is 4.85. The van der Waals surface area contributed by atoms with E-state index >= 15 is 0 Å². The van der Waals surface area contributed by atoms with Crippen LogP contribution in [0.5, 0.6) is 11.5 Å². The first kappa shape index (κ1) is 16.4. The maximum absolute atomic E-state index is 9.79. The number of rotatable bonds is 4. The molecule has 3 aromatic rings. The summed E-state index contributed by atoms with van der Waals surface area (Å²) in [6.07, 6.45) is 1.61. The second kappa shape index (κ2) is 6.95. The molecular weight excluding hydrogens is 351 g/mol. The summed E-state index contributed by atoms with van der Waals surface area (Å²) in [6.45, 7) is 0. The molecule has 0 aliphatic rings. The van der Waals surface area contributed by atoms with Crippen LogP contribution in [0.1, 0.15) is 11.5 Å². The first-order valence-corrected chi connectivity index (χ1v) is 7.66. The van der Waals surface area contributed by atoms with Gasteiger partial charge in [0.05, 0.1) is 7.11 Å². The molecule has 2 aromatic carbocycles. The minimum absolute atomic E-state index is 0.0168. The molecule has 0 radical (unpaired) electrons. The Hall–Kier alpha value is -2.50. The minimum atomic E-state index is 0.0168. The highest BCUT2D eigenvalue weighted by atomic mass is 35.5. The highest BCUT2D eigenvalue weighted by molar-refractivity contribution is 6.50. The first-order chi connectivity index (χ1) is 11.6. The lowest BCUT2D eigenvalue weighted by Gasteiger charge is -2.03. The van der Waals surface area contributed by atoms with Crippen LogP contribution < -0.4 is 4.74 Å². The number of aromatic nitrogens is 2. The Bertz CT molecular complexity index is 889. The highest BCUT2D eigenvalue weighted by Crippen LogP contribution is 2.29. The molecule has 0 bridgehead atoms. The molecule has 3 rings (SSSR count). The van der Waals surface area contributed by atoms with Gasteiger partial charge in [0.15, 0.2) is 11.5 Å². The molecule has 24 heavy (non-hydrogen) atoms. The van der Waals surface area contributed by atoms with Crippen LogP contribution in [0.3, 0.4) is 0 Å². The van der Waals surface area contributed by atoms with Crippen LogP contribution >= 0.6 is 23.2 Å².